The van der Waals surface area contributed by atoms with Crippen LogP contribution in [0.4, 0.5) is 4.79 Å². The second-order valence-electron chi connectivity index (χ2n) is 7.25. The van der Waals surface area contributed by atoms with Crippen molar-refractivity contribution in [1.82, 2.24) is 14.8 Å². The fourth-order valence-corrected chi connectivity index (χ4v) is 3.97. The number of carbonyl (C=O) groups is 2. The van der Waals surface area contributed by atoms with Crippen molar-refractivity contribution in [3.63, 3.8) is 0 Å². The molecule has 2 aliphatic rings. The molecule has 25 heavy (non-hydrogen) atoms. The van der Waals surface area contributed by atoms with E-state index in [1.807, 2.05) is 24.5 Å². The molecular weight excluding hydrogens is 322 g/mol. The summed E-state index contributed by atoms with van der Waals surface area (Å²) in [6, 6.07) is 4.07. The van der Waals surface area contributed by atoms with Crippen molar-refractivity contribution < 1.29 is 14.7 Å². The highest BCUT2D eigenvalue weighted by Gasteiger charge is 2.37. The van der Waals surface area contributed by atoms with Crippen molar-refractivity contribution in [2.24, 2.45) is 11.8 Å². The van der Waals surface area contributed by atoms with E-state index in [0.29, 0.717) is 26.1 Å². The van der Waals surface area contributed by atoms with E-state index in [1.54, 1.807) is 17.0 Å². The van der Waals surface area contributed by atoms with Gasteiger partial charge in [-0.15, -0.1) is 0 Å². The number of fused-ring (bicyclic) bond motifs is 4. The Bertz CT molecular complexity index is 729. The molecule has 1 aromatic heterocycles. The van der Waals surface area contributed by atoms with Crippen molar-refractivity contribution in [3.8, 4) is 0 Å². The molecule has 7 nitrogen and oxygen atoms in total. The molecule has 3 rings (SSSR count). The molecule has 4 atom stereocenters. The van der Waals surface area contributed by atoms with Gasteiger partial charge >= 0.3 is 12.0 Å². The highest BCUT2D eigenvalue weighted by molar-refractivity contribution is 5.83. The van der Waals surface area contributed by atoms with Gasteiger partial charge < -0.3 is 19.9 Å². The average molecular weight is 347 g/mol. The van der Waals surface area contributed by atoms with Crippen LogP contribution in [0.25, 0.3) is 0 Å². The molecule has 0 saturated carbocycles. The summed E-state index contributed by atoms with van der Waals surface area (Å²) in [5, 5.41) is 12.1. The van der Waals surface area contributed by atoms with E-state index in [9.17, 15) is 19.5 Å². The lowest BCUT2D eigenvalue weighted by Crippen LogP contribution is -2.55. The number of aliphatic carboxylic acids is 1. The summed E-state index contributed by atoms with van der Waals surface area (Å²) in [5.41, 5.74) is 0.978. The fraction of sp³-hybridized carbons (Fsp3) is 0.611. The molecule has 2 aliphatic heterocycles. The molecule has 2 N–H and O–H groups in total. The maximum Gasteiger partial charge on any atom is 0.326 e. The summed E-state index contributed by atoms with van der Waals surface area (Å²) in [6.07, 6.45) is 1.64. The minimum Gasteiger partial charge on any atom is -0.480 e. The smallest absolute Gasteiger partial charge is 0.326 e. The van der Waals surface area contributed by atoms with Crippen LogP contribution >= 0.6 is 0 Å². The van der Waals surface area contributed by atoms with E-state index in [0.717, 1.165) is 12.1 Å². The number of carboxylic acid groups (broad SMARTS) is 1. The topological polar surface area (TPSA) is 91.6 Å². The highest BCUT2D eigenvalue weighted by atomic mass is 16.4. The molecule has 0 aliphatic carbocycles. The third-order valence-electron chi connectivity index (χ3n) is 5.52. The first-order valence-corrected chi connectivity index (χ1v) is 8.88. The Kier molecular flexibility index (Phi) is 4.83. The maximum absolute atomic E-state index is 12.6. The standard InChI is InChI=1S/C18H25N3O4/c1-3-11(2)16(17(23)24)19-18(25)20-8-12-7-13(10-20)14-5-4-6-15(22)21(14)9-12/h4-6,11-13,16H,3,7-10H2,1-2H3,(H,19,25)(H,23,24)/t11-,12+,13-,16-/m0/s1. The van der Waals surface area contributed by atoms with Crippen LogP contribution in [-0.2, 0) is 11.3 Å². The summed E-state index contributed by atoms with van der Waals surface area (Å²) in [5.74, 6) is -0.787. The van der Waals surface area contributed by atoms with Crippen molar-refractivity contribution in [1.29, 1.82) is 0 Å². The van der Waals surface area contributed by atoms with Gasteiger partial charge in [0.25, 0.3) is 5.56 Å². The number of likely N-dealkylation sites (tertiary alicyclic amines) is 1. The van der Waals surface area contributed by atoms with Crippen molar-refractivity contribution in [2.45, 2.75) is 45.2 Å². The highest BCUT2D eigenvalue weighted by Crippen LogP contribution is 2.34. The van der Waals surface area contributed by atoms with Crippen LogP contribution in [0.3, 0.4) is 0 Å². The summed E-state index contributed by atoms with van der Waals surface area (Å²) in [6.45, 7) is 5.41. The zero-order chi connectivity index (χ0) is 18.1. The predicted octanol–water partition coefficient (Wildman–Crippen LogP) is 1.48. The van der Waals surface area contributed by atoms with E-state index in [1.165, 1.54) is 0 Å². The van der Waals surface area contributed by atoms with Gasteiger partial charge in [0.2, 0.25) is 0 Å². The SMILES string of the molecule is CC[C@H](C)[C@H](NC(=O)N1C[C@H]2C[C@@H](C1)c1cccc(=O)n1C2)C(=O)O. The molecule has 1 saturated heterocycles. The van der Waals surface area contributed by atoms with Crippen LogP contribution in [0.1, 0.15) is 38.3 Å². The molecule has 0 aromatic carbocycles. The van der Waals surface area contributed by atoms with Crippen LogP contribution < -0.4 is 10.9 Å². The second-order valence-corrected chi connectivity index (χ2v) is 7.25. The number of carbonyl (C=O) groups excluding carboxylic acids is 1. The van der Waals surface area contributed by atoms with Gasteiger partial charge in [-0.05, 0) is 24.3 Å². The zero-order valence-corrected chi connectivity index (χ0v) is 14.6. The summed E-state index contributed by atoms with van der Waals surface area (Å²) >= 11 is 0. The number of hydrogen-bond donors (Lipinski definition) is 2. The maximum atomic E-state index is 12.6. The Balaban J connectivity index is 1.75. The zero-order valence-electron chi connectivity index (χ0n) is 14.6. The van der Waals surface area contributed by atoms with Gasteiger partial charge in [-0.1, -0.05) is 26.3 Å². The van der Waals surface area contributed by atoms with Gasteiger partial charge in [0, 0.05) is 37.3 Å². The van der Waals surface area contributed by atoms with Gasteiger partial charge in [0.15, 0.2) is 0 Å². The van der Waals surface area contributed by atoms with Gasteiger partial charge in [0.05, 0.1) is 0 Å². The Morgan fingerprint density at radius 1 is 1.32 bits per heavy atom. The Morgan fingerprint density at radius 3 is 2.76 bits per heavy atom. The fourth-order valence-electron chi connectivity index (χ4n) is 3.97. The van der Waals surface area contributed by atoms with Crippen LogP contribution in [-0.4, -0.2) is 45.7 Å². The second kappa shape index (κ2) is 6.90. The van der Waals surface area contributed by atoms with Crippen molar-refractivity contribution >= 4 is 12.0 Å². The molecule has 2 bridgehead atoms. The number of nitrogens with zero attached hydrogens (tertiary/aromatic N) is 2. The normalized spacial score (nSPS) is 24.2. The predicted molar refractivity (Wildman–Crippen MR) is 92.5 cm³/mol. The van der Waals surface area contributed by atoms with Crippen LogP contribution in [0.2, 0.25) is 0 Å². The van der Waals surface area contributed by atoms with E-state index >= 15 is 0 Å². The van der Waals surface area contributed by atoms with Gasteiger partial charge in [0.1, 0.15) is 6.04 Å². The Labute approximate surface area is 146 Å². The molecule has 136 valence electrons. The number of carboxylic acids is 1. The molecule has 0 radical (unpaired) electrons. The molecule has 1 aromatic rings. The van der Waals surface area contributed by atoms with Gasteiger partial charge in [-0.3, -0.25) is 4.79 Å². The summed E-state index contributed by atoms with van der Waals surface area (Å²) < 4.78 is 1.81. The monoisotopic (exact) mass is 347 g/mol. The summed E-state index contributed by atoms with van der Waals surface area (Å²) in [4.78, 5) is 37.8. The minimum absolute atomic E-state index is 0.00723. The quantitative estimate of drug-likeness (QED) is 0.863. The Hall–Kier alpha value is -2.31. The van der Waals surface area contributed by atoms with Crippen molar-refractivity contribution in [2.75, 3.05) is 13.1 Å². The third kappa shape index (κ3) is 3.41. The number of urea groups is 1. The lowest BCUT2D eigenvalue weighted by molar-refractivity contribution is -0.140. The first kappa shape index (κ1) is 17.5. The number of pyridine rings is 1. The molecule has 1 fully saturated rings. The first-order valence-electron chi connectivity index (χ1n) is 8.88. The minimum atomic E-state index is -1.00. The van der Waals surface area contributed by atoms with Crippen LogP contribution in [0, 0.1) is 11.8 Å². The number of aromatic nitrogens is 1. The van der Waals surface area contributed by atoms with Gasteiger partial charge in [-0.2, -0.15) is 0 Å². The Morgan fingerprint density at radius 2 is 2.08 bits per heavy atom. The first-order chi connectivity index (χ1) is 11.9. The summed E-state index contributed by atoms with van der Waals surface area (Å²) in [7, 11) is 0. The number of amides is 2. The van der Waals surface area contributed by atoms with Crippen LogP contribution in [0.15, 0.2) is 23.0 Å². The van der Waals surface area contributed by atoms with Gasteiger partial charge in [-0.25, -0.2) is 9.59 Å². The van der Waals surface area contributed by atoms with E-state index in [-0.39, 0.29) is 29.3 Å². The molecule has 3 heterocycles. The van der Waals surface area contributed by atoms with E-state index < -0.39 is 12.0 Å². The van der Waals surface area contributed by atoms with Crippen LogP contribution in [0.5, 0.6) is 0 Å². The number of rotatable bonds is 4. The van der Waals surface area contributed by atoms with E-state index in [4.69, 9.17) is 0 Å². The molecule has 2 amide bonds. The molecular formula is C18H25N3O4. The average Bonchev–Trinajstić information content (AvgIpc) is 2.59. The molecule has 7 heteroatoms. The molecule has 0 spiro atoms. The van der Waals surface area contributed by atoms with Crippen molar-refractivity contribution in [3.05, 3.63) is 34.2 Å². The number of piperidine rings is 1. The molecule has 0 unspecified atom stereocenters. The lowest BCUT2D eigenvalue weighted by Gasteiger charge is -2.43. The largest absolute Gasteiger partial charge is 0.480 e. The number of hydrogen-bond acceptors (Lipinski definition) is 3. The third-order valence-corrected chi connectivity index (χ3v) is 5.52. The number of nitrogens with one attached hydrogen (secondary N) is 1. The van der Waals surface area contributed by atoms with E-state index in [2.05, 4.69) is 5.32 Å². The lowest BCUT2D eigenvalue weighted by atomic mass is 9.83.